The number of likely N-dealkylation sites (tertiary alicyclic amines) is 1. The van der Waals surface area contributed by atoms with Crippen molar-refractivity contribution in [2.24, 2.45) is 0 Å². The van der Waals surface area contributed by atoms with Gasteiger partial charge in [-0.3, -0.25) is 9.69 Å². The van der Waals surface area contributed by atoms with E-state index in [1.54, 1.807) is 23.2 Å². The number of thiophene rings is 1. The normalized spacial score (nSPS) is 17.5. The minimum Gasteiger partial charge on any atom is -0.444 e. The van der Waals surface area contributed by atoms with Crippen LogP contribution >= 0.6 is 22.9 Å². The van der Waals surface area contributed by atoms with Gasteiger partial charge in [0.15, 0.2) is 0 Å². The number of hydrogen-bond donors (Lipinski definition) is 2. The van der Waals surface area contributed by atoms with E-state index in [4.69, 9.17) is 16.3 Å². The second kappa shape index (κ2) is 9.50. The molecule has 37 heavy (non-hydrogen) atoms. The Bertz CT molecular complexity index is 1420. The van der Waals surface area contributed by atoms with Crippen LogP contribution < -0.4 is 15.5 Å². The molecule has 194 valence electrons. The molecule has 1 fully saturated rings. The van der Waals surface area contributed by atoms with Gasteiger partial charge in [0, 0.05) is 30.4 Å². The van der Waals surface area contributed by atoms with E-state index in [0.717, 1.165) is 18.4 Å². The minimum absolute atomic E-state index is 0.232. The van der Waals surface area contributed by atoms with E-state index < -0.39 is 5.60 Å². The van der Waals surface area contributed by atoms with Crippen LogP contribution in [0.3, 0.4) is 0 Å². The molecule has 1 atom stereocenters. The minimum atomic E-state index is -0.590. The third-order valence-electron chi connectivity index (χ3n) is 6.27. The van der Waals surface area contributed by atoms with Crippen molar-refractivity contribution in [3.63, 3.8) is 0 Å². The monoisotopic (exact) mass is 541 g/mol. The smallest absolute Gasteiger partial charge is 0.410 e. The maximum Gasteiger partial charge on any atom is 0.410 e. The van der Waals surface area contributed by atoms with Gasteiger partial charge in [0.1, 0.15) is 15.3 Å². The fourth-order valence-electron chi connectivity index (χ4n) is 4.56. The number of urea groups is 1. The lowest BCUT2D eigenvalue weighted by molar-refractivity contribution is 0.0185. The number of carbonyl (C=O) groups excluding carboxylic acids is 3. The van der Waals surface area contributed by atoms with Crippen LogP contribution in [0.4, 0.5) is 26.7 Å². The molecule has 5 rings (SSSR count). The van der Waals surface area contributed by atoms with Crippen LogP contribution in [-0.4, -0.2) is 52.6 Å². The molecule has 0 radical (unpaired) electrons. The number of aromatic nitrogens is 1. The lowest BCUT2D eigenvalue weighted by Gasteiger charge is -2.34. The van der Waals surface area contributed by atoms with Crippen molar-refractivity contribution in [1.29, 1.82) is 0 Å². The van der Waals surface area contributed by atoms with Crippen molar-refractivity contribution in [3.05, 3.63) is 45.9 Å². The topological polar surface area (TPSA) is 104 Å². The number of nitrogens with one attached hydrogen (secondary N) is 2. The zero-order chi connectivity index (χ0) is 26.5. The summed E-state index contributed by atoms with van der Waals surface area (Å²) in [5.74, 6) is -0.313. The molecule has 0 unspecified atom stereocenters. The quantitative estimate of drug-likeness (QED) is 0.419. The predicted octanol–water partition coefficient (Wildman–Crippen LogP) is 6.07. The molecule has 11 heteroatoms. The molecule has 1 aromatic carbocycles. The molecule has 0 aliphatic carbocycles. The highest BCUT2D eigenvalue weighted by Crippen LogP contribution is 2.46. The molecule has 9 nitrogen and oxygen atoms in total. The Morgan fingerprint density at radius 1 is 1.27 bits per heavy atom. The molecular formula is C26H28ClN5O4S. The van der Waals surface area contributed by atoms with Crippen molar-refractivity contribution in [2.75, 3.05) is 23.3 Å². The van der Waals surface area contributed by atoms with E-state index >= 15 is 0 Å². The second-order valence-corrected chi connectivity index (χ2v) is 11.7. The molecule has 3 aromatic rings. The van der Waals surface area contributed by atoms with Crippen molar-refractivity contribution in [3.8, 4) is 0 Å². The Hall–Kier alpha value is -3.37. The summed E-state index contributed by atoms with van der Waals surface area (Å²) >= 11 is 7.55. The highest BCUT2D eigenvalue weighted by atomic mass is 35.5. The lowest BCUT2D eigenvalue weighted by atomic mass is 10.1. The lowest BCUT2D eigenvalue weighted by Crippen LogP contribution is -2.50. The summed E-state index contributed by atoms with van der Waals surface area (Å²) in [6.45, 7) is 8.31. The molecule has 2 aliphatic rings. The van der Waals surface area contributed by atoms with Crippen LogP contribution in [0.15, 0.2) is 30.5 Å². The predicted molar refractivity (Wildman–Crippen MR) is 145 cm³/mol. The first-order chi connectivity index (χ1) is 17.5. The SMILES string of the molecule is Cc1ccc(N2C(=O)Nc3c(C(=O)N[C@@H]4CCCN(C(=O)OC(C)(C)C)C4)sc4nccc2c34)cc1Cl. The van der Waals surface area contributed by atoms with Crippen LogP contribution in [0, 0.1) is 6.92 Å². The zero-order valence-corrected chi connectivity index (χ0v) is 22.6. The van der Waals surface area contributed by atoms with Gasteiger partial charge in [-0.05, 0) is 64.3 Å². The van der Waals surface area contributed by atoms with Crippen LogP contribution in [-0.2, 0) is 4.74 Å². The largest absolute Gasteiger partial charge is 0.444 e. The summed E-state index contributed by atoms with van der Waals surface area (Å²) < 4.78 is 5.49. The van der Waals surface area contributed by atoms with Gasteiger partial charge in [0.05, 0.1) is 22.4 Å². The van der Waals surface area contributed by atoms with E-state index in [1.807, 2.05) is 39.8 Å². The molecule has 4 heterocycles. The van der Waals surface area contributed by atoms with Gasteiger partial charge in [-0.25, -0.2) is 14.6 Å². The zero-order valence-electron chi connectivity index (χ0n) is 21.1. The molecule has 0 saturated carbocycles. The van der Waals surface area contributed by atoms with Gasteiger partial charge in [-0.2, -0.15) is 0 Å². The van der Waals surface area contributed by atoms with E-state index in [9.17, 15) is 14.4 Å². The molecule has 0 bridgehead atoms. The van der Waals surface area contributed by atoms with Gasteiger partial charge in [0.2, 0.25) is 0 Å². The second-order valence-electron chi connectivity index (χ2n) is 10.3. The Kier molecular flexibility index (Phi) is 6.49. The Balaban J connectivity index is 1.41. The molecule has 2 aliphatic heterocycles. The third kappa shape index (κ3) is 4.95. The average molecular weight is 542 g/mol. The van der Waals surface area contributed by atoms with Gasteiger partial charge in [-0.1, -0.05) is 17.7 Å². The van der Waals surface area contributed by atoms with E-state index in [-0.39, 0.29) is 24.1 Å². The van der Waals surface area contributed by atoms with Gasteiger partial charge in [0.25, 0.3) is 5.91 Å². The van der Waals surface area contributed by atoms with Crippen molar-refractivity contribution in [1.82, 2.24) is 15.2 Å². The van der Waals surface area contributed by atoms with Crippen molar-refractivity contribution >= 4 is 68.2 Å². The third-order valence-corrected chi connectivity index (χ3v) is 7.78. The Morgan fingerprint density at radius 3 is 2.78 bits per heavy atom. The van der Waals surface area contributed by atoms with E-state index in [2.05, 4.69) is 15.6 Å². The van der Waals surface area contributed by atoms with Gasteiger partial charge in [-0.15, -0.1) is 11.3 Å². The highest BCUT2D eigenvalue weighted by Gasteiger charge is 2.34. The van der Waals surface area contributed by atoms with Gasteiger partial charge < -0.3 is 20.3 Å². The first-order valence-corrected chi connectivity index (χ1v) is 13.3. The fourth-order valence-corrected chi connectivity index (χ4v) is 5.76. The van der Waals surface area contributed by atoms with Gasteiger partial charge >= 0.3 is 12.1 Å². The number of ether oxygens (including phenoxy) is 1. The maximum absolute atomic E-state index is 13.4. The van der Waals surface area contributed by atoms with Crippen LogP contribution in [0.5, 0.6) is 0 Å². The number of amides is 4. The number of carbonyl (C=O) groups is 3. The summed E-state index contributed by atoms with van der Waals surface area (Å²) in [6, 6.07) is 6.57. The molecule has 4 amide bonds. The average Bonchev–Trinajstić information content (AvgIpc) is 3.20. The van der Waals surface area contributed by atoms with Crippen molar-refractivity contribution < 1.29 is 19.1 Å². The number of nitrogens with zero attached hydrogens (tertiary/aromatic N) is 3. The molecular weight excluding hydrogens is 514 g/mol. The van der Waals surface area contributed by atoms with Crippen LogP contribution in [0.2, 0.25) is 5.02 Å². The standard InChI is InChI=1S/C26H28ClN5O4S/c1-14-7-8-16(12-17(14)27)32-18-9-10-28-23-19(18)20(30-24(32)34)21(37-23)22(33)29-15-6-5-11-31(13-15)25(35)36-26(2,3)4/h7-10,12,15H,5-6,11,13H2,1-4H3,(H,29,33)(H,30,34)/t15-/m1/s1. The first kappa shape index (κ1) is 25.3. The fraction of sp³-hybridized carbons (Fsp3) is 0.385. The number of anilines is 3. The molecule has 2 aromatic heterocycles. The summed E-state index contributed by atoms with van der Waals surface area (Å²) in [7, 11) is 0. The number of hydrogen-bond acceptors (Lipinski definition) is 6. The maximum atomic E-state index is 13.4. The number of benzene rings is 1. The first-order valence-electron chi connectivity index (χ1n) is 12.1. The number of rotatable bonds is 3. The number of piperidine rings is 1. The molecule has 0 spiro atoms. The number of aryl methyl sites for hydroxylation is 1. The van der Waals surface area contributed by atoms with Crippen molar-refractivity contribution in [2.45, 2.75) is 52.2 Å². The molecule has 1 saturated heterocycles. The van der Waals surface area contributed by atoms with Crippen LogP contribution in [0.25, 0.3) is 10.2 Å². The highest BCUT2D eigenvalue weighted by molar-refractivity contribution is 7.21. The van der Waals surface area contributed by atoms with E-state index in [0.29, 0.717) is 50.3 Å². The summed E-state index contributed by atoms with van der Waals surface area (Å²) in [6.07, 6.45) is 2.73. The molecule has 2 N–H and O–H groups in total. The summed E-state index contributed by atoms with van der Waals surface area (Å²) in [4.78, 5) is 47.8. The van der Waals surface area contributed by atoms with Crippen LogP contribution in [0.1, 0.15) is 48.8 Å². The van der Waals surface area contributed by atoms with E-state index in [1.165, 1.54) is 16.2 Å². The summed E-state index contributed by atoms with van der Waals surface area (Å²) in [5.41, 5.74) is 2.01. The number of halogens is 1. The Morgan fingerprint density at radius 2 is 2.05 bits per heavy atom. The summed E-state index contributed by atoms with van der Waals surface area (Å²) in [5, 5.41) is 7.20. The Labute approximate surface area is 223 Å². The number of pyridine rings is 1.